The Bertz CT molecular complexity index is 761. The number of carboxylic acids is 1. The molecule has 0 atom stereocenters. The zero-order chi connectivity index (χ0) is 16.8. The predicted molar refractivity (Wildman–Crippen MR) is 88.1 cm³/mol. The second kappa shape index (κ2) is 5.27. The number of carbonyl (C=O) groups excluding carboxylic acids is 1. The van der Waals surface area contributed by atoms with Crippen LogP contribution in [-0.4, -0.2) is 21.9 Å². The summed E-state index contributed by atoms with van der Waals surface area (Å²) in [5, 5.41) is 10.1. The number of hydrogen-bond acceptors (Lipinski definition) is 2. The van der Waals surface area contributed by atoms with Crippen LogP contribution in [-0.2, 0) is 5.41 Å². The smallest absolute Gasteiger partial charge is 0.335 e. The van der Waals surface area contributed by atoms with Gasteiger partial charge in [0.2, 0.25) is 0 Å². The number of nitrogens with zero attached hydrogens (tertiary/aromatic N) is 1. The Kier molecular flexibility index (Phi) is 3.90. The highest BCUT2D eigenvalue weighted by Gasteiger charge is 2.26. The molecule has 0 amide bonds. The van der Waals surface area contributed by atoms with Gasteiger partial charge in [-0.3, -0.25) is 4.79 Å². The summed E-state index contributed by atoms with van der Waals surface area (Å²) >= 11 is 0. The molecule has 0 bridgehead atoms. The van der Waals surface area contributed by atoms with Crippen molar-refractivity contribution >= 4 is 23.2 Å². The average Bonchev–Trinajstić information content (AvgIpc) is 2.67. The number of hydrogen-bond donors (Lipinski definition) is 1. The summed E-state index contributed by atoms with van der Waals surface area (Å²) in [6.07, 6.45) is 0.828. The van der Waals surface area contributed by atoms with Crippen molar-refractivity contribution in [1.29, 1.82) is 0 Å². The van der Waals surface area contributed by atoms with Gasteiger partial charge >= 0.3 is 5.97 Å². The van der Waals surface area contributed by atoms with Crippen molar-refractivity contribution < 1.29 is 14.7 Å². The van der Waals surface area contributed by atoms with Gasteiger partial charge in [0.05, 0.1) is 11.1 Å². The number of fused-ring (bicyclic) bond motifs is 1. The lowest BCUT2D eigenvalue weighted by atomic mass is 9.84. The van der Waals surface area contributed by atoms with Gasteiger partial charge in [-0.25, -0.2) is 4.79 Å². The average molecular weight is 301 g/mol. The molecular weight excluding hydrogens is 278 g/mol. The fraction of sp³-hybridized carbons (Fsp3) is 0.444. The number of aromatic nitrogens is 1. The molecule has 0 aliphatic rings. The van der Waals surface area contributed by atoms with Gasteiger partial charge in [0, 0.05) is 22.7 Å². The standard InChI is InChI=1S/C18H23NO3/c1-10(2)19-11(3)14(9-20)13-7-12(17(21)22)8-15(16(13)19)18(4,5)6/h7-10H,1-6H3,(H,21,22). The minimum Gasteiger partial charge on any atom is -0.478 e. The molecule has 1 heterocycles. The molecule has 0 unspecified atom stereocenters. The highest BCUT2D eigenvalue weighted by Crippen LogP contribution is 2.37. The molecule has 118 valence electrons. The number of rotatable bonds is 3. The van der Waals surface area contributed by atoms with Crippen molar-refractivity contribution in [3.05, 3.63) is 34.5 Å². The molecule has 1 N–H and O–H groups in total. The van der Waals surface area contributed by atoms with Gasteiger partial charge in [-0.05, 0) is 43.9 Å². The van der Waals surface area contributed by atoms with Crippen molar-refractivity contribution in [2.75, 3.05) is 0 Å². The van der Waals surface area contributed by atoms with E-state index in [1.54, 1.807) is 12.1 Å². The minimum absolute atomic E-state index is 0.188. The topological polar surface area (TPSA) is 59.3 Å². The van der Waals surface area contributed by atoms with Crippen molar-refractivity contribution in [3.63, 3.8) is 0 Å². The first-order valence-electron chi connectivity index (χ1n) is 7.47. The molecular formula is C18H23NO3. The van der Waals surface area contributed by atoms with Gasteiger partial charge < -0.3 is 9.67 Å². The van der Waals surface area contributed by atoms with Crippen LogP contribution in [0.3, 0.4) is 0 Å². The molecule has 0 radical (unpaired) electrons. The van der Waals surface area contributed by atoms with Crippen LogP contribution in [0.4, 0.5) is 0 Å². The summed E-state index contributed by atoms with van der Waals surface area (Å²) in [5.74, 6) is -0.973. The molecule has 0 fully saturated rings. The van der Waals surface area contributed by atoms with Crippen LogP contribution < -0.4 is 0 Å². The van der Waals surface area contributed by atoms with Crippen LogP contribution in [0.15, 0.2) is 12.1 Å². The maximum Gasteiger partial charge on any atom is 0.335 e. The highest BCUT2D eigenvalue weighted by molar-refractivity contribution is 6.04. The zero-order valence-corrected chi connectivity index (χ0v) is 14.0. The van der Waals surface area contributed by atoms with Crippen molar-refractivity contribution in [2.45, 2.75) is 53.0 Å². The summed E-state index contributed by atoms with van der Waals surface area (Å²) in [4.78, 5) is 23.0. The van der Waals surface area contributed by atoms with Crippen molar-refractivity contribution in [2.24, 2.45) is 0 Å². The van der Waals surface area contributed by atoms with Gasteiger partial charge in [-0.2, -0.15) is 0 Å². The first kappa shape index (κ1) is 16.3. The summed E-state index contributed by atoms with van der Waals surface area (Å²) in [6.45, 7) is 12.2. The van der Waals surface area contributed by atoms with Crippen LogP contribution in [0.5, 0.6) is 0 Å². The molecule has 22 heavy (non-hydrogen) atoms. The molecule has 0 aliphatic heterocycles. The van der Waals surface area contributed by atoms with Gasteiger partial charge in [0.25, 0.3) is 0 Å². The Morgan fingerprint density at radius 3 is 2.27 bits per heavy atom. The monoisotopic (exact) mass is 301 g/mol. The van der Waals surface area contributed by atoms with Crippen molar-refractivity contribution in [3.8, 4) is 0 Å². The van der Waals surface area contributed by atoms with Gasteiger partial charge in [0.15, 0.2) is 6.29 Å². The second-order valence-electron chi connectivity index (χ2n) is 7.06. The van der Waals surface area contributed by atoms with E-state index in [1.165, 1.54) is 0 Å². The third-order valence-corrected chi connectivity index (χ3v) is 4.08. The molecule has 0 spiro atoms. The third kappa shape index (κ3) is 2.43. The molecule has 0 aliphatic carbocycles. The number of benzene rings is 1. The van der Waals surface area contributed by atoms with E-state index in [-0.39, 0.29) is 17.0 Å². The highest BCUT2D eigenvalue weighted by atomic mass is 16.4. The molecule has 4 heteroatoms. The Morgan fingerprint density at radius 1 is 1.27 bits per heavy atom. The molecule has 4 nitrogen and oxygen atoms in total. The Labute approximate surface area is 130 Å². The minimum atomic E-state index is -0.973. The maximum atomic E-state index is 11.6. The lowest BCUT2D eigenvalue weighted by Crippen LogP contribution is -2.16. The number of carbonyl (C=O) groups is 2. The van der Waals surface area contributed by atoms with Crippen molar-refractivity contribution in [1.82, 2.24) is 4.57 Å². The van der Waals surface area contributed by atoms with E-state index in [9.17, 15) is 14.7 Å². The molecule has 0 saturated heterocycles. The van der Waals surface area contributed by atoms with Crippen LogP contribution in [0.1, 0.15) is 72.6 Å². The lowest BCUT2D eigenvalue weighted by molar-refractivity contribution is 0.0696. The molecule has 1 aromatic carbocycles. The van der Waals surface area contributed by atoms with Crippen LogP contribution in [0.25, 0.3) is 10.9 Å². The molecule has 2 rings (SSSR count). The lowest BCUT2D eigenvalue weighted by Gasteiger charge is -2.24. The zero-order valence-electron chi connectivity index (χ0n) is 14.0. The Hall–Kier alpha value is -2.10. The van der Waals surface area contributed by atoms with Gasteiger partial charge in [-0.1, -0.05) is 20.8 Å². The predicted octanol–water partition coefficient (Wildman–Crippen LogP) is 4.34. The van der Waals surface area contributed by atoms with Crippen LogP contribution >= 0.6 is 0 Å². The van der Waals surface area contributed by atoms with E-state index >= 15 is 0 Å². The van der Waals surface area contributed by atoms with E-state index in [4.69, 9.17) is 0 Å². The summed E-state index contributed by atoms with van der Waals surface area (Å²) in [7, 11) is 0. The molecule has 1 aromatic heterocycles. The van der Waals surface area contributed by atoms with Crippen LogP contribution in [0, 0.1) is 6.92 Å². The normalized spacial score (nSPS) is 12.1. The number of carboxylic acid groups (broad SMARTS) is 1. The third-order valence-electron chi connectivity index (χ3n) is 4.08. The first-order chi connectivity index (χ1) is 10.1. The van der Waals surface area contributed by atoms with Crippen LogP contribution in [0.2, 0.25) is 0 Å². The second-order valence-corrected chi connectivity index (χ2v) is 7.06. The fourth-order valence-corrected chi connectivity index (χ4v) is 3.08. The van der Waals surface area contributed by atoms with E-state index in [0.717, 1.165) is 28.4 Å². The van der Waals surface area contributed by atoms with E-state index < -0.39 is 5.97 Å². The number of aromatic carboxylic acids is 1. The summed E-state index contributed by atoms with van der Waals surface area (Å²) < 4.78 is 2.13. The van der Waals surface area contributed by atoms with Gasteiger partial charge in [0.1, 0.15) is 0 Å². The van der Waals surface area contributed by atoms with E-state index in [0.29, 0.717) is 5.56 Å². The first-order valence-corrected chi connectivity index (χ1v) is 7.47. The Morgan fingerprint density at radius 2 is 1.86 bits per heavy atom. The largest absolute Gasteiger partial charge is 0.478 e. The molecule has 2 aromatic rings. The van der Waals surface area contributed by atoms with E-state index in [2.05, 4.69) is 39.2 Å². The molecule has 0 saturated carbocycles. The number of aldehydes is 1. The summed E-state index contributed by atoms with van der Waals surface area (Å²) in [6, 6.07) is 3.54. The fourth-order valence-electron chi connectivity index (χ4n) is 3.08. The van der Waals surface area contributed by atoms with E-state index in [1.807, 2.05) is 6.92 Å². The maximum absolute atomic E-state index is 11.6. The summed E-state index contributed by atoms with van der Waals surface area (Å²) in [5.41, 5.74) is 3.38. The quantitative estimate of drug-likeness (QED) is 0.858. The van der Waals surface area contributed by atoms with Gasteiger partial charge in [-0.15, -0.1) is 0 Å². The SMILES string of the molecule is Cc1c(C=O)c2cc(C(=O)O)cc(C(C)(C)C)c2n1C(C)C. The Balaban J connectivity index is 3.09.